The third-order valence-electron chi connectivity index (χ3n) is 4.94. The van der Waals surface area contributed by atoms with Gasteiger partial charge in [0.25, 0.3) is 0 Å². The van der Waals surface area contributed by atoms with Gasteiger partial charge >= 0.3 is 0 Å². The van der Waals surface area contributed by atoms with E-state index in [9.17, 15) is 5.11 Å². The molecule has 1 aliphatic rings. The highest BCUT2D eigenvalue weighted by molar-refractivity contribution is 5.85. The molecule has 2 aromatic rings. The number of fused-ring (bicyclic) bond motifs is 1. The van der Waals surface area contributed by atoms with Crippen LogP contribution in [0.3, 0.4) is 0 Å². The lowest BCUT2D eigenvalue weighted by atomic mass is 10.2. The Hall–Kier alpha value is -1.32. The summed E-state index contributed by atoms with van der Waals surface area (Å²) < 4.78 is 2.26. The molecule has 114 valence electrons. The molecular formula is C18H26N2O. The standard InChI is InChI=1S/C18H26N2O/c1-13-14(2)20(18-10-6-5-9-17(13)18)12-16(21)11-19-15-7-3-4-8-15/h5-6,9-10,15-16,19,21H,3-4,7-8,11-12H2,1-2H3/t16-/m0/s1. The summed E-state index contributed by atoms with van der Waals surface area (Å²) in [5.41, 5.74) is 3.81. The van der Waals surface area contributed by atoms with Crippen molar-refractivity contribution >= 4 is 10.9 Å². The van der Waals surface area contributed by atoms with E-state index in [1.165, 1.54) is 47.8 Å². The minimum absolute atomic E-state index is 0.334. The van der Waals surface area contributed by atoms with E-state index >= 15 is 0 Å². The van der Waals surface area contributed by atoms with Crippen LogP contribution in [0.4, 0.5) is 0 Å². The Labute approximate surface area is 127 Å². The number of benzene rings is 1. The van der Waals surface area contributed by atoms with Gasteiger partial charge in [-0.05, 0) is 38.3 Å². The van der Waals surface area contributed by atoms with Crippen molar-refractivity contribution < 1.29 is 5.11 Å². The lowest BCUT2D eigenvalue weighted by Crippen LogP contribution is -2.36. The largest absolute Gasteiger partial charge is 0.390 e. The Balaban J connectivity index is 1.70. The van der Waals surface area contributed by atoms with E-state index in [1.807, 2.05) is 0 Å². The fraction of sp³-hybridized carbons (Fsp3) is 0.556. The average Bonchev–Trinajstić information content (AvgIpc) is 3.09. The molecule has 1 saturated carbocycles. The van der Waals surface area contributed by atoms with Crippen molar-refractivity contribution in [3.8, 4) is 0 Å². The van der Waals surface area contributed by atoms with Crippen molar-refractivity contribution in [3.63, 3.8) is 0 Å². The molecule has 0 unspecified atom stereocenters. The lowest BCUT2D eigenvalue weighted by Gasteiger charge is -2.18. The summed E-state index contributed by atoms with van der Waals surface area (Å²) in [6, 6.07) is 9.07. The third-order valence-corrected chi connectivity index (χ3v) is 4.94. The first-order valence-corrected chi connectivity index (χ1v) is 8.12. The number of para-hydroxylation sites is 1. The number of aliphatic hydroxyl groups is 1. The summed E-state index contributed by atoms with van der Waals surface area (Å²) >= 11 is 0. The van der Waals surface area contributed by atoms with E-state index in [0.29, 0.717) is 19.1 Å². The van der Waals surface area contributed by atoms with Gasteiger partial charge in [-0.3, -0.25) is 0 Å². The van der Waals surface area contributed by atoms with Gasteiger partial charge in [0, 0.05) is 29.2 Å². The van der Waals surface area contributed by atoms with Crippen LogP contribution >= 0.6 is 0 Å². The number of aliphatic hydroxyl groups excluding tert-OH is 1. The molecule has 0 radical (unpaired) electrons. The maximum atomic E-state index is 10.4. The first-order valence-electron chi connectivity index (χ1n) is 8.12. The van der Waals surface area contributed by atoms with E-state index in [0.717, 1.165) is 0 Å². The summed E-state index contributed by atoms with van der Waals surface area (Å²) in [6.45, 7) is 5.67. The van der Waals surface area contributed by atoms with Crippen molar-refractivity contribution in [1.82, 2.24) is 9.88 Å². The second-order valence-corrected chi connectivity index (χ2v) is 6.38. The van der Waals surface area contributed by atoms with Crippen LogP contribution in [0.25, 0.3) is 10.9 Å². The topological polar surface area (TPSA) is 37.2 Å². The lowest BCUT2D eigenvalue weighted by molar-refractivity contribution is 0.148. The zero-order chi connectivity index (χ0) is 14.8. The molecule has 0 spiro atoms. The number of aryl methyl sites for hydroxylation is 1. The highest BCUT2D eigenvalue weighted by atomic mass is 16.3. The van der Waals surface area contributed by atoms with Crippen LogP contribution in [0, 0.1) is 13.8 Å². The molecule has 0 aliphatic heterocycles. The quantitative estimate of drug-likeness (QED) is 0.886. The SMILES string of the molecule is Cc1c(C)n(C[C@@H](O)CNC2CCCC2)c2ccccc12. The van der Waals surface area contributed by atoms with E-state index in [4.69, 9.17) is 0 Å². The molecule has 3 nitrogen and oxygen atoms in total. The predicted molar refractivity (Wildman–Crippen MR) is 87.7 cm³/mol. The smallest absolute Gasteiger partial charge is 0.0843 e. The highest BCUT2D eigenvalue weighted by Gasteiger charge is 2.17. The van der Waals surface area contributed by atoms with E-state index in [1.54, 1.807) is 0 Å². The molecule has 0 saturated heterocycles. The second-order valence-electron chi connectivity index (χ2n) is 6.38. The zero-order valence-corrected chi connectivity index (χ0v) is 13.1. The molecule has 21 heavy (non-hydrogen) atoms. The van der Waals surface area contributed by atoms with Crippen molar-refractivity contribution in [2.24, 2.45) is 0 Å². The van der Waals surface area contributed by atoms with Crippen molar-refractivity contribution in [2.45, 2.75) is 58.2 Å². The van der Waals surface area contributed by atoms with E-state index in [2.05, 4.69) is 48.0 Å². The Bertz CT molecular complexity index is 611. The van der Waals surface area contributed by atoms with Gasteiger partial charge in [0.1, 0.15) is 0 Å². The van der Waals surface area contributed by atoms with Gasteiger partial charge in [0.2, 0.25) is 0 Å². The Morgan fingerprint density at radius 1 is 1.24 bits per heavy atom. The van der Waals surface area contributed by atoms with E-state index < -0.39 is 0 Å². The monoisotopic (exact) mass is 286 g/mol. The third kappa shape index (κ3) is 2.99. The molecule has 1 aliphatic carbocycles. The molecule has 1 aromatic carbocycles. The minimum Gasteiger partial charge on any atom is -0.390 e. The second kappa shape index (κ2) is 6.20. The number of hydrogen-bond donors (Lipinski definition) is 2. The number of aromatic nitrogens is 1. The number of hydrogen-bond acceptors (Lipinski definition) is 2. The first kappa shape index (κ1) is 14.6. The van der Waals surface area contributed by atoms with Crippen molar-refractivity contribution in [3.05, 3.63) is 35.5 Å². The summed E-state index contributed by atoms with van der Waals surface area (Å²) in [5, 5.41) is 15.2. The van der Waals surface area contributed by atoms with Crippen LogP contribution in [0.1, 0.15) is 36.9 Å². The molecule has 3 heteroatoms. The first-order chi connectivity index (χ1) is 10.2. The van der Waals surface area contributed by atoms with Gasteiger partial charge in [-0.15, -0.1) is 0 Å². The van der Waals surface area contributed by atoms with E-state index in [-0.39, 0.29) is 6.10 Å². The highest BCUT2D eigenvalue weighted by Crippen LogP contribution is 2.25. The predicted octanol–water partition coefficient (Wildman–Crippen LogP) is 3.15. The number of rotatable bonds is 5. The molecule has 1 heterocycles. The summed E-state index contributed by atoms with van der Waals surface area (Å²) in [7, 11) is 0. The zero-order valence-electron chi connectivity index (χ0n) is 13.1. The molecule has 1 fully saturated rings. The maximum absolute atomic E-state index is 10.4. The summed E-state index contributed by atoms with van der Waals surface area (Å²) in [6.07, 6.45) is 4.84. The molecule has 1 aromatic heterocycles. The molecule has 0 bridgehead atoms. The Kier molecular flexibility index (Phi) is 4.32. The van der Waals surface area contributed by atoms with Crippen LogP contribution in [0.15, 0.2) is 24.3 Å². The average molecular weight is 286 g/mol. The molecule has 2 N–H and O–H groups in total. The molecule has 1 atom stereocenters. The number of nitrogens with one attached hydrogen (secondary N) is 1. The minimum atomic E-state index is -0.334. The van der Waals surface area contributed by atoms with Gasteiger partial charge < -0.3 is 15.0 Å². The Morgan fingerprint density at radius 2 is 1.95 bits per heavy atom. The van der Waals surface area contributed by atoms with Gasteiger partial charge in [0.15, 0.2) is 0 Å². The van der Waals surface area contributed by atoms with Crippen LogP contribution in [0.5, 0.6) is 0 Å². The number of nitrogens with zero attached hydrogens (tertiary/aromatic N) is 1. The van der Waals surface area contributed by atoms with Crippen molar-refractivity contribution in [2.75, 3.05) is 6.54 Å². The van der Waals surface area contributed by atoms with Gasteiger partial charge in [-0.25, -0.2) is 0 Å². The van der Waals surface area contributed by atoms with Gasteiger partial charge in [0.05, 0.1) is 12.6 Å². The van der Waals surface area contributed by atoms with Gasteiger partial charge in [-0.1, -0.05) is 31.0 Å². The van der Waals surface area contributed by atoms with Crippen molar-refractivity contribution in [1.29, 1.82) is 0 Å². The fourth-order valence-electron chi connectivity index (χ4n) is 3.55. The van der Waals surface area contributed by atoms with Crippen LogP contribution in [0.2, 0.25) is 0 Å². The summed E-state index contributed by atoms with van der Waals surface area (Å²) in [4.78, 5) is 0. The van der Waals surface area contributed by atoms with Crippen LogP contribution in [-0.2, 0) is 6.54 Å². The van der Waals surface area contributed by atoms with Gasteiger partial charge in [-0.2, -0.15) is 0 Å². The van der Waals surface area contributed by atoms with Crippen LogP contribution in [-0.4, -0.2) is 28.4 Å². The molecular weight excluding hydrogens is 260 g/mol. The summed E-state index contributed by atoms with van der Waals surface area (Å²) in [5.74, 6) is 0. The molecule has 3 rings (SSSR count). The fourth-order valence-corrected chi connectivity index (χ4v) is 3.55. The molecule has 0 amide bonds. The Morgan fingerprint density at radius 3 is 2.71 bits per heavy atom. The normalized spacial score (nSPS) is 17.7. The maximum Gasteiger partial charge on any atom is 0.0843 e. The van der Waals surface area contributed by atoms with Crippen LogP contribution < -0.4 is 5.32 Å².